The van der Waals surface area contributed by atoms with Crippen LogP contribution in [-0.2, 0) is 30.6 Å². The number of hydrogen-bond donors (Lipinski definition) is 2. The molecule has 1 saturated carbocycles. The maximum atomic E-state index is 14.8. The summed E-state index contributed by atoms with van der Waals surface area (Å²) in [5.74, 6) is -0.317. The Labute approximate surface area is 289 Å². The van der Waals surface area contributed by atoms with Crippen LogP contribution in [0.5, 0.6) is 0 Å². The fourth-order valence-electron chi connectivity index (χ4n) is 7.47. The molecule has 0 radical (unpaired) electrons. The number of aromatic nitrogens is 7. The number of H-pyrrole nitrogens is 1. The molecule has 2 amide bonds. The first kappa shape index (κ1) is 35.5. The van der Waals surface area contributed by atoms with Crippen LogP contribution in [-0.4, -0.2) is 75.0 Å². The molecule has 1 atom stereocenters. The number of benzene rings is 1. The van der Waals surface area contributed by atoms with Gasteiger partial charge in [0.05, 0.1) is 19.1 Å². The lowest BCUT2D eigenvalue weighted by atomic mass is 9.69. The van der Waals surface area contributed by atoms with Crippen molar-refractivity contribution in [1.82, 2.24) is 50.5 Å². The highest BCUT2D eigenvalue weighted by Gasteiger charge is 2.54. The molecule has 1 aromatic carbocycles. The zero-order valence-corrected chi connectivity index (χ0v) is 29.5. The molecule has 2 aromatic heterocycles. The van der Waals surface area contributed by atoms with Crippen molar-refractivity contribution in [3.8, 4) is 0 Å². The number of nitrogens with zero attached hydrogens (tertiary/aromatic N) is 9. The van der Waals surface area contributed by atoms with Crippen molar-refractivity contribution in [2.24, 2.45) is 21.7 Å². The molecular weight excluding hydrogens is 651 g/mol. The van der Waals surface area contributed by atoms with Crippen molar-refractivity contribution < 1.29 is 22.8 Å². The average molecular weight is 698 g/mol. The Kier molecular flexibility index (Phi) is 9.27. The molecule has 2 N–H and O–H groups in total. The molecule has 1 aliphatic carbocycles. The van der Waals surface area contributed by atoms with Gasteiger partial charge in [-0.1, -0.05) is 58.9 Å². The maximum absolute atomic E-state index is 14.8. The first-order valence-corrected chi connectivity index (χ1v) is 17.2. The normalized spacial score (nSPS) is 22.1. The second-order valence-corrected chi connectivity index (χ2v) is 16.0. The van der Waals surface area contributed by atoms with E-state index in [1.807, 2.05) is 17.0 Å². The number of tetrazole rings is 1. The van der Waals surface area contributed by atoms with Gasteiger partial charge >= 0.3 is 6.18 Å². The molecule has 0 saturated heterocycles. The molecule has 6 rings (SSSR count). The van der Waals surface area contributed by atoms with E-state index < -0.39 is 17.7 Å². The molecule has 16 heteroatoms. The summed E-state index contributed by atoms with van der Waals surface area (Å²) in [6.45, 7) is 13.5. The van der Waals surface area contributed by atoms with Crippen molar-refractivity contribution in [2.45, 2.75) is 118 Å². The number of halogens is 3. The van der Waals surface area contributed by atoms with Crippen LogP contribution in [0.15, 0.2) is 29.3 Å². The Bertz CT molecular complexity index is 1710. The quantitative estimate of drug-likeness (QED) is 0.338. The third-order valence-electron chi connectivity index (χ3n) is 10.3. The van der Waals surface area contributed by atoms with E-state index in [-0.39, 0.29) is 66.5 Å². The summed E-state index contributed by atoms with van der Waals surface area (Å²) in [5.41, 5.74) is 0.608. The monoisotopic (exact) mass is 697 g/mol. The topological polar surface area (TPSA) is 150 Å². The van der Waals surface area contributed by atoms with E-state index in [9.17, 15) is 22.8 Å². The van der Waals surface area contributed by atoms with Crippen LogP contribution in [0.1, 0.15) is 120 Å². The molecule has 0 bridgehead atoms. The molecule has 2 aliphatic heterocycles. The number of carbonyl (C=O) groups is 2. The first-order valence-electron chi connectivity index (χ1n) is 17.2. The summed E-state index contributed by atoms with van der Waals surface area (Å²) in [5, 5.41) is 23.7. The van der Waals surface area contributed by atoms with Gasteiger partial charge in [0.25, 0.3) is 11.8 Å². The Morgan fingerprint density at radius 2 is 1.72 bits per heavy atom. The number of aromatic amines is 1. The van der Waals surface area contributed by atoms with Crippen molar-refractivity contribution >= 4 is 17.6 Å². The van der Waals surface area contributed by atoms with Gasteiger partial charge in [-0.15, -0.1) is 20.4 Å². The Morgan fingerprint density at radius 3 is 2.32 bits per heavy atom. The van der Waals surface area contributed by atoms with Crippen LogP contribution >= 0.6 is 0 Å². The fraction of sp³-hybridized carbons (Fsp3) is 0.647. The minimum atomic E-state index is -4.62. The molecule has 4 heterocycles. The Balaban J connectivity index is 1.32. The SMILES string of the molecule is CC(C)(C)CC[C@H](c1ccc(C(=O)NCc2nn[nH]n2)cc1)N1C(=O)C(N2CCn3c(nnc3C(F)(F)F)C2)=NC12CCC(C(C)(C)C)CC2. The number of amidine groups is 1. The summed E-state index contributed by atoms with van der Waals surface area (Å²) in [4.78, 5) is 36.7. The third-order valence-corrected chi connectivity index (χ3v) is 10.3. The van der Waals surface area contributed by atoms with Crippen LogP contribution in [0, 0.1) is 16.7 Å². The van der Waals surface area contributed by atoms with Crippen LogP contribution < -0.4 is 5.32 Å². The number of hydrogen-bond acceptors (Lipinski definition) is 9. The van der Waals surface area contributed by atoms with Gasteiger partial charge in [0.2, 0.25) is 5.82 Å². The summed E-state index contributed by atoms with van der Waals surface area (Å²) in [6.07, 6.45) is -0.0143. The average Bonchev–Trinajstić information content (AvgIpc) is 3.79. The second-order valence-electron chi connectivity index (χ2n) is 16.0. The maximum Gasteiger partial charge on any atom is 0.451 e. The largest absolute Gasteiger partial charge is 0.451 e. The number of fused-ring (bicyclic) bond motifs is 1. The predicted molar refractivity (Wildman–Crippen MR) is 177 cm³/mol. The highest BCUT2D eigenvalue weighted by atomic mass is 19.4. The van der Waals surface area contributed by atoms with E-state index in [1.165, 1.54) is 0 Å². The Morgan fingerprint density at radius 1 is 1.02 bits per heavy atom. The zero-order chi connectivity index (χ0) is 36.1. The highest BCUT2D eigenvalue weighted by molar-refractivity contribution is 6.39. The van der Waals surface area contributed by atoms with Gasteiger partial charge in [-0.3, -0.25) is 9.59 Å². The van der Waals surface area contributed by atoms with Gasteiger partial charge in [0, 0.05) is 18.7 Å². The molecule has 1 spiro atoms. The van der Waals surface area contributed by atoms with E-state index in [0.717, 1.165) is 29.4 Å². The standard InChI is InChI=1S/C34H46F3N11O2/c1-31(2,3)14-13-24(21-7-9-22(10-8-21)28(49)38-19-25-40-44-45-41-25)48-29(50)27(39-33(48)15-11-23(12-16-33)32(4,5)6)46-17-18-47-26(20-46)42-43-30(47)34(35,36)37/h7-10,23-24H,11-20H2,1-6H3,(H,38,49)(H,40,41,44,45)/t23?,24-,33?/m1/s1. The van der Waals surface area contributed by atoms with Crippen LogP contribution in [0.2, 0.25) is 0 Å². The van der Waals surface area contributed by atoms with E-state index in [1.54, 1.807) is 17.0 Å². The summed E-state index contributed by atoms with van der Waals surface area (Å²) in [6, 6.07) is 6.96. The van der Waals surface area contributed by atoms with Gasteiger partial charge in [-0.2, -0.15) is 18.4 Å². The van der Waals surface area contributed by atoms with E-state index in [0.29, 0.717) is 36.6 Å². The molecule has 13 nitrogen and oxygen atoms in total. The van der Waals surface area contributed by atoms with Gasteiger partial charge in [0.15, 0.2) is 17.5 Å². The van der Waals surface area contributed by atoms with Gasteiger partial charge in [-0.05, 0) is 73.0 Å². The van der Waals surface area contributed by atoms with Crippen molar-refractivity contribution in [2.75, 3.05) is 6.54 Å². The smallest absolute Gasteiger partial charge is 0.345 e. The second kappa shape index (κ2) is 13.1. The summed E-state index contributed by atoms with van der Waals surface area (Å²) < 4.78 is 41.9. The molecule has 270 valence electrons. The number of amides is 2. The number of aliphatic imine (C=N–C) groups is 1. The number of carbonyl (C=O) groups excluding carboxylic acids is 2. The fourth-order valence-corrected chi connectivity index (χ4v) is 7.47. The molecule has 3 aromatic rings. The summed E-state index contributed by atoms with van der Waals surface area (Å²) >= 11 is 0. The molecule has 3 aliphatic rings. The molecule has 50 heavy (non-hydrogen) atoms. The lowest BCUT2D eigenvalue weighted by molar-refractivity contribution is -0.148. The minimum absolute atomic E-state index is 0.00249. The van der Waals surface area contributed by atoms with E-state index in [2.05, 4.69) is 77.7 Å². The first-order chi connectivity index (χ1) is 23.5. The number of alkyl halides is 3. The lowest BCUT2D eigenvalue weighted by Gasteiger charge is -2.47. The molecule has 0 unspecified atom stereocenters. The number of nitrogens with one attached hydrogen (secondary N) is 2. The molecular formula is C34H46F3N11O2. The van der Waals surface area contributed by atoms with Gasteiger partial charge in [-0.25, -0.2) is 4.99 Å². The van der Waals surface area contributed by atoms with E-state index in [4.69, 9.17) is 4.99 Å². The molecule has 1 fully saturated rings. The third kappa shape index (κ3) is 7.24. The van der Waals surface area contributed by atoms with Crippen LogP contribution in [0.4, 0.5) is 13.2 Å². The predicted octanol–water partition coefficient (Wildman–Crippen LogP) is 5.30. The lowest BCUT2D eigenvalue weighted by Crippen LogP contribution is -2.52. The van der Waals surface area contributed by atoms with Crippen molar-refractivity contribution in [1.29, 1.82) is 0 Å². The minimum Gasteiger partial charge on any atom is -0.345 e. The van der Waals surface area contributed by atoms with Gasteiger partial charge < -0.3 is 19.7 Å². The van der Waals surface area contributed by atoms with Crippen LogP contribution in [0.3, 0.4) is 0 Å². The van der Waals surface area contributed by atoms with Crippen LogP contribution in [0.25, 0.3) is 0 Å². The highest BCUT2D eigenvalue weighted by Crippen LogP contribution is 2.50. The Hall–Kier alpha value is -4.37. The summed E-state index contributed by atoms with van der Waals surface area (Å²) in [7, 11) is 0. The van der Waals surface area contributed by atoms with Crippen molar-refractivity contribution in [3.05, 3.63) is 52.9 Å². The van der Waals surface area contributed by atoms with E-state index >= 15 is 0 Å². The van der Waals surface area contributed by atoms with Gasteiger partial charge in [0.1, 0.15) is 5.66 Å². The number of rotatable bonds is 7. The van der Waals surface area contributed by atoms with Crippen molar-refractivity contribution in [3.63, 3.8) is 0 Å². The zero-order valence-electron chi connectivity index (χ0n) is 29.5.